The van der Waals surface area contributed by atoms with E-state index in [9.17, 15) is 30.3 Å². The molecule has 0 aromatic carbocycles. The van der Waals surface area contributed by atoms with Gasteiger partial charge in [0.25, 0.3) is 0 Å². The van der Waals surface area contributed by atoms with Crippen LogP contribution in [0.3, 0.4) is 0 Å². The number of aliphatic carboxylic acids is 1. The summed E-state index contributed by atoms with van der Waals surface area (Å²) in [4.78, 5) is 12.5. The lowest BCUT2D eigenvalue weighted by atomic mass is 10.0. The van der Waals surface area contributed by atoms with Gasteiger partial charge in [-0.2, -0.15) is 11.8 Å². The lowest BCUT2D eigenvalue weighted by Gasteiger charge is -2.34. The zero-order chi connectivity index (χ0) is 18.2. The lowest BCUT2D eigenvalue weighted by molar-refractivity contribution is -0.143. The molecule has 0 heterocycles. The normalized spacial score (nSPS) is 17.9. The van der Waals surface area contributed by atoms with Crippen molar-refractivity contribution in [1.82, 2.24) is 4.90 Å². The van der Waals surface area contributed by atoms with Crippen molar-refractivity contribution >= 4 is 46.9 Å². The van der Waals surface area contributed by atoms with E-state index < -0.39 is 49.6 Å². The number of aliphatic hydroxyl groups is 5. The largest absolute Gasteiger partial charge is 0.480 e. The Morgan fingerprint density at radius 3 is 2.13 bits per heavy atom. The fourth-order valence-corrected chi connectivity index (χ4v) is 2.74. The van der Waals surface area contributed by atoms with Crippen molar-refractivity contribution in [1.29, 1.82) is 0 Å². The molecular formula is C12H23NO7S3. The maximum absolute atomic E-state index is 11.4. The minimum Gasteiger partial charge on any atom is -0.480 e. The van der Waals surface area contributed by atoms with Gasteiger partial charge in [-0.3, -0.25) is 0 Å². The number of thiol groups is 1. The summed E-state index contributed by atoms with van der Waals surface area (Å²) in [5.41, 5.74) is 0. The van der Waals surface area contributed by atoms with E-state index >= 15 is 0 Å². The Labute approximate surface area is 149 Å². The van der Waals surface area contributed by atoms with E-state index in [4.69, 9.17) is 17.3 Å². The fourth-order valence-electron chi connectivity index (χ4n) is 1.85. The van der Waals surface area contributed by atoms with Crippen LogP contribution in [0, 0.1) is 0 Å². The average Bonchev–Trinajstić information content (AvgIpc) is 2.50. The highest BCUT2D eigenvalue weighted by Crippen LogP contribution is 2.15. The molecule has 23 heavy (non-hydrogen) atoms. The molecule has 11 heteroatoms. The molecule has 0 aromatic rings. The van der Waals surface area contributed by atoms with E-state index in [2.05, 4.69) is 12.6 Å². The van der Waals surface area contributed by atoms with Crippen molar-refractivity contribution < 1.29 is 35.4 Å². The van der Waals surface area contributed by atoms with Crippen molar-refractivity contribution in [3.8, 4) is 0 Å². The van der Waals surface area contributed by atoms with E-state index in [0.717, 1.165) is 4.90 Å². The monoisotopic (exact) mass is 389 g/mol. The second-order valence-corrected chi connectivity index (χ2v) is 6.97. The van der Waals surface area contributed by atoms with Gasteiger partial charge in [-0.05, 0) is 18.4 Å². The Balaban J connectivity index is 5.03. The number of carboxylic acid groups (broad SMARTS) is 1. The van der Waals surface area contributed by atoms with Crippen LogP contribution >= 0.6 is 36.6 Å². The molecule has 0 spiro atoms. The van der Waals surface area contributed by atoms with Gasteiger partial charge in [-0.25, -0.2) is 4.79 Å². The molecule has 0 aliphatic rings. The summed E-state index contributed by atoms with van der Waals surface area (Å²) in [7, 11) is 0. The predicted octanol–water partition coefficient (Wildman–Crippen LogP) is -1.85. The average molecular weight is 390 g/mol. The molecule has 136 valence electrons. The number of hydrogen-bond donors (Lipinski definition) is 7. The Morgan fingerprint density at radius 1 is 1.22 bits per heavy atom. The van der Waals surface area contributed by atoms with E-state index in [-0.39, 0.29) is 10.7 Å². The van der Waals surface area contributed by atoms with Crippen LogP contribution in [0.2, 0.25) is 0 Å². The third kappa shape index (κ3) is 7.52. The van der Waals surface area contributed by atoms with E-state index in [1.165, 1.54) is 11.8 Å². The van der Waals surface area contributed by atoms with Crippen LogP contribution < -0.4 is 0 Å². The predicted molar refractivity (Wildman–Crippen MR) is 93.8 cm³/mol. The Kier molecular flexibility index (Phi) is 11.4. The van der Waals surface area contributed by atoms with Gasteiger partial charge in [0.05, 0.1) is 6.61 Å². The van der Waals surface area contributed by atoms with E-state index in [1.807, 2.05) is 6.26 Å². The number of thioether (sulfide) groups is 1. The summed E-state index contributed by atoms with van der Waals surface area (Å²) in [5, 5.41) is 56.7. The molecule has 0 fully saturated rings. The summed E-state index contributed by atoms with van der Waals surface area (Å²) in [6.07, 6.45) is -4.78. The molecular weight excluding hydrogens is 366 g/mol. The number of nitrogens with zero attached hydrogens (tertiary/aromatic N) is 1. The topological polar surface area (TPSA) is 142 Å². The maximum atomic E-state index is 11.4. The molecule has 0 rings (SSSR count). The molecule has 5 unspecified atom stereocenters. The number of rotatable bonds is 11. The summed E-state index contributed by atoms with van der Waals surface area (Å²) in [5.74, 6) is -0.623. The molecule has 8 nitrogen and oxygen atoms in total. The van der Waals surface area contributed by atoms with Crippen molar-refractivity contribution in [2.75, 3.05) is 25.2 Å². The minimum atomic E-state index is -1.79. The fraction of sp³-hybridized carbons (Fsp3) is 0.833. The van der Waals surface area contributed by atoms with E-state index in [0.29, 0.717) is 5.75 Å². The van der Waals surface area contributed by atoms with Gasteiger partial charge < -0.3 is 35.5 Å². The molecule has 6 N–H and O–H groups in total. The Bertz CT molecular complexity index is 388. The smallest absolute Gasteiger partial charge is 0.326 e. The highest BCUT2D eigenvalue weighted by molar-refractivity contribution is 8.10. The number of hydrogen-bond acceptors (Lipinski definition) is 8. The zero-order valence-corrected chi connectivity index (χ0v) is 15.0. The number of thiocarbonyl (C=S) groups is 1. The van der Waals surface area contributed by atoms with Gasteiger partial charge in [0.15, 0.2) is 0 Å². The standard InChI is InChI=1S/C12H23NO7S3/c1-23-3-2-6(11(19)20)13(12(21)22)4-7(15)9(17)10(18)8(16)5-14/h6-10,14-18H,2-5H2,1H3,(H,19,20)(H,21,22). The highest BCUT2D eigenvalue weighted by atomic mass is 32.2. The first-order valence-corrected chi connectivity index (χ1v) is 8.96. The summed E-state index contributed by atoms with van der Waals surface area (Å²) in [6, 6.07) is -1.05. The first-order valence-electron chi connectivity index (χ1n) is 6.71. The first-order chi connectivity index (χ1) is 10.7. The molecule has 0 aromatic heterocycles. The van der Waals surface area contributed by atoms with Gasteiger partial charge >= 0.3 is 5.97 Å². The minimum absolute atomic E-state index is 0.0815. The van der Waals surface area contributed by atoms with Crippen LogP contribution in [0.15, 0.2) is 0 Å². The molecule has 0 saturated heterocycles. The van der Waals surface area contributed by atoms with Crippen LogP contribution in [0.1, 0.15) is 6.42 Å². The van der Waals surface area contributed by atoms with Gasteiger partial charge in [0.2, 0.25) is 0 Å². The van der Waals surface area contributed by atoms with Crippen LogP contribution in [0.4, 0.5) is 0 Å². The van der Waals surface area contributed by atoms with Crippen molar-refractivity contribution in [2.24, 2.45) is 0 Å². The zero-order valence-electron chi connectivity index (χ0n) is 12.5. The van der Waals surface area contributed by atoms with E-state index in [1.54, 1.807) is 0 Å². The second kappa shape index (κ2) is 11.4. The van der Waals surface area contributed by atoms with Crippen LogP contribution in [0.25, 0.3) is 0 Å². The SMILES string of the molecule is CSCCC(C(=O)O)N(CC(O)C(O)C(O)C(O)CO)C(=S)S. The van der Waals surface area contributed by atoms with Crippen molar-refractivity contribution in [3.05, 3.63) is 0 Å². The summed E-state index contributed by atoms with van der Waals surface area (Å²) in [6.45, 7) is -1.20. The summed E-state index contributed by atoms with van der Waals surface area (Å²) < 4.78 is -0.0815. The number of aliphatic hydroxyl groups excluding tert-OH is 5. The highest BCUT2D eigenvalue weighted by Gasteiger charge is 2.34. The van der Waals surface area contributed by atoms with Gasteiger partial charge in [0.1, 0.15) is 34.8 Å². The molecule has 0 saturated carbocycles. The number of carboxylic acids is 1. The molecule has 0 aliphatic heterocycles. The molecule has 0 amide bonds. The van der Waals surface area contributed by atoms with Gasteiger partial charge in [-0.15, -0.1) is 12.6 Å². The molecule has 0 bridgehead atoms. The van der Waals surface area contributed by atoms with Gasteiger partial charge in [-0.1, -0.05) is 12.2 Å². The Morgan fingerprint density at radius 2 is 1.74 bits per heavy atom. The molecule has 5 atom stereocenters. The lowest BCUT2D eigenvalue weighted by Crippen LogP contribution is -2.53. The van der Waals surface area contributed by atoms with Crippen molar-refractivity contribution in [3.63, 3.8) is 0 Å². The third-order valence-electron chi connectivity index (χ3n) is 3.21. The quantitative estimate of drug-likeness (QED) is 0.159. The summed E-state index contributed by atoms with van der Waals surface area (Å²) >= 11 is 10.3. The maximum Gasteiger partial charge on any atom is 0.326 e. The molecule has 0 aliphatic carbocycles. The third-order valence-corrected chi connectivity index (χ3v) is 4.35. The van der Waals surface area contributed by atoms with Crippen LogP contribution in [-0.2, 0) is 4.79 Å². The van der Waals surface area contributed by atoms with Crippen LogP contribution in [-0.4, -0.2) is 101 Å². The molecule has 0 radical (unpaired) electrons. The first kappa shape index (κ1) is 22.9. The number of carbonyl (C=O) groups is 1. The van der Waals surface area contributed by atoms with Gasteiger partial charge in [0, 0.05) is 6.54 Å². The Hall–Kier alpha value is -0.140. The van der Waals surface area contributed by atoms with Crippen LogP contribution in [0.5, 0.6) is 0 Å². The van der Waals surface area contributed by atoms with Crippen molar-refractivity contribution in [2.45, 2.75) is 36.9 Å². The second-order valence-electron chi connectivity index (χ2n) is 4.87.